The van der Waals surface area contributed by atoms with Gasteiger partial charge in [0.15, 0.2) is 0 Å². The lowest BCUT2D eigenvalue weighted by atomic mass is 10.1. The van der Waals surface area contributed by atoms with E-state index < -0.39 is 0 Å². The Morgan fingerprint density at radius 3 is 2.60 bits per heavy atom. The van der Waals surface area contributed by atoms with Crippen LogP contribution in [0.4, 0.5) is 9.18 Å². The van der Waals surface area contributed by atoms with Gasteiger partial charge in [0.1, 0.15) is 5.82 Å². The second-order valence-electron chi connectivity index (χ2n) is 4.81. The molecule has 0 unspecified atom stereocenters. The normalized spacial score (nSPS) is 10.6. The topological polar surface area (TPSA) is 56.4 Å². The maximum atomic E-state index is 13.3. The van der Waals surface area contributed by atoms with Crippen LogP contribution in [-0.2, 0) is 11.2 Å². The number of aromatic nitrogens is 1. The number of hydrogen-bond acceptors (Lipinski definition) is 2. The lowest BCUT2D eigenvalue weighted by Crippen LogP contribution is -2.41. The third-order valence-corrected chi connectivity index (χ3v) is 3.11. The Kier molecular flexibility index (Phi) is 3.74. The summed E-state index contributed by atoms with van der Waals surface area (Å²) >= 11 is 0. The van der Waals surface area contributed by atoms with Crippen molar-refractivity contribution in [1.29, 1.82) is 0 Å². The van der Waals surface area contributed by atoms with Crippen LogP contribution in [0.15, 0.2) is 24.4 Å². The van der Waals surface area contributed by atoms with Gasteiger partial charge in [-0.05, 0) is 23.8 Å². The molecule has 0 aliphatic rings. The number of carbonyl (C=O) groups excluding carboxylic acids is 2. The first-order valence-corrected chi connectivity index (χ1v) is 6.13. The van der Waals surface area contributed by atoms with Gasteiger partial charge in [0.05, 0.1) is 6.42 Å². The van der Waals surface area contributed by atoms with E-state index in [2.05, 4.69) is 4.98 Å². The van der Waals surface area contributed by atoms with Crippen LogP contribution < -0.4 is 0 Å². The quantitative estimate of drug-likeness (QED) is 0.912. The van der Waals surface area contributed by atoms with E-state index >= 15 is 0 Å². The molecule has 6 heteroatoms. The number of nitrogens with zero attached hydrogens (tertiary/aromatic N) is 2. The summed E-state index contributed by atoms with van der Waals surface area (Å²) in [5.74, 6) is -0.697. The highest BCUT2D eigenvalue weighted by Crippen LogP contribution is 2.20. The SMILES string of the molecule is CN(C)C(=O)N(C)C(=O)Cc1c[nH]c2ccc(F)cc12. The zero-order valence-electron chi connectivity index (χ0n) is 11.6. The van der Waals surface area contributed by atoms with Crippen molar-refractivity contribution in [2.45, 2.75) is 6.42 Å². The van der Waals surface area contributed by atoms with Gasteiger partial charge in [-0.25, -0.2) is 9.18 Å². The molecule has 1 aromatic heterocycles. The van der Waals surface area contributed by atoms with Crippen molar-refractivity contribution < 1.29 is 14.0 Å². The Bertz CT molecular complexity index is 663. The summed E-state index contributed by atoms with van der Waals surface area (Å²) in [6.07, 6.45) is 1.70. The van der Waals surface area contributed by atoms with Gasteiger partial charge in [0, 0.05) is 38.2 Å². The predicted octanol–water partition coefficient (Wildman–Crippen LogP) is 1.99. The molecule has 1 aromatic carbocycles. The number of likely N-dealkylation sites (N-methyl/N-ethyl adjacent to an activating group) is 1. The van der Waals surface area contributed by atoms with Crippen LogP contribution in [0.25, 0.3) is 10.9 Å². The van der Waals surface area contributed by atoms with Crippen LogP contribution >= 0.6 is 0 Å². The largest absolute Gasteiger partial charge is 0.361 e. The van der Waals surface area contributed by atoms with Crippen LogP contribution in [0.1, 0.15) is 5.56 Å². The van der Waals surface area contributed by atoms with Crippen LogP contribution in [0, 0.1) is 5.82 Å². The number of nitrogens with one attached hydrogen (secondary N) is 1. The van der Waals surface area contributed by atoms with Crippen molar-refractivity contribution in [2.75, 3.05) is 21.1 Å². The fourth-order valence-electron chi connectivity index (χ4n) is 1.99. The molecule has 2 aromatic rings. The summed E-state index contributed by atoms with van der Waals surface area (Å²) in [7, 11) is 4.58. The highest BCUT2D eigenvalue weighted by atomic mass is 19.1. The summed E-state index contributed by atoms with van der Waals surface area (Å²) in [5, 5.41) is 0.657. The molecule has 20 heavy (non-hydrogen) atoms. The minimum Gasteiger partial charge on any atom is -0.361 e. The Hall–Kier alpha value is -2.37. The summed E-state index contributed by atoms with van der Waals surface area (Å²) in [6.45, 7) is 0. The van der Waals surface area contributed by atoms with Crippen molar-refractivity contribution in [3.05, 3.63) is 35.8 Å². The van der Waals surface area contributed by atoms with Gasteiger partial charge < -0.3 is 9.88 Å². The smallest absolute Gasteiger partial charge is 0.325 e. The fraction of sp³-hybridized carbons (Fsp3) is 0.286. The molecule has 3 amide bonds. The first-order chi connectivity index (χ1) is 9.40. The number of carbonyl (C=O) groups is 2. The number of imide groups is 1. The molecule has 0 bridgehead atoms. The van der Waals surface area contributed by atoms with E-state index in [1.165, 1.54) is 24.1 Å². The van der Waals surface area contributed by atoms with E-state index in [1.54, 1.807) is 26.4 Å². The molecule has 0 saturated carbocycles. The molecule has 0 atom stereocenters. The van der Waals surface area contributed by atoms with Crippen LogP contribution in [0.5, 0.6) is 0 Å². The van der Waals surface area contributed by atoms with E-state index in [4.69, 9.17) is 0 Å². The molecular formula is C14H16FN3O2. The molecule has 106 valence electrons. The third-order valence-electron chi connectivity index (χ3n) is 3.11. The lowest BCUT2D eigenvalue weighted by Gasteiger charge is -2.19. The monoisotopic (exact) mass is 277 g/mol. The highest BCUT2D eigenvalue weighted by Gasteiger charge is 2.19. The van der Waals surface area contributed by atoms with Gasteiger partial charge in [-0.3, -0.25) is 9.69 Å². The van der Waals surface area contributed by atoms with E-state index in [9.17, 15) is 14.0 Å². The number of halogens is 1. The van der Waals surface area contributed by atoms with E-state index in [0.29, 0.717) is 10.9 Å². The number of aromatic amines is 1. The molecule has 0 radical (unpaired) electrons. The molecule has 0 spiro atoms. The Morgan fingerprint density at radius 2 is 1.95 bits per heavy atom. The highest BCUT2D eigenvalue weighted by molar-refractivity contribution is 5.97. The third kappa shape index (κ3) is 2.64. The van der Waals surface area contributed by atoms with Crippen molar-refractivity contribution in [1.82, 2.24) is 14.8 Å². The molecule has 0 aliphatic carbocycles. The van der Waals surface area contributed by atoms with E-state index in [1.807, 2.05) is 0 Å². The molecule has 1 N–H and O–H groups in total. The standard InChI is InChI=1S/C14H16FN3O2/c1-17(2)14(20)18(3)13(19)6-9-8-16-12-5-4-10(15)7-11(9)12/h4-5,7-8,16H,6H2,1-3H3. The van der Waals surface area contributed by atoms with E-state index in [-0.39, 0.29) is 24.2 Å². The number of amides is 3. The Balaban J connectivity index is 2.22. The molecule has 0 fully saturated rings. The molecule has 0 saturated heterocycles. The number of rotatable bonds is 2. The lowest BCUT2D eigenvalue weighted by molar-refractivity contribution is -0.126. The number of hydrogen-bond donors (Lipinski definition) is 1. The Labute approximate surface area is 116 Å². The zero-order valence-corrected chi connectivity index (χ0v) is 11.6. The average Bonchev–Trinajstić information content (AvgIpc) is 2.79. The predicted molar refractivity (Wildman–Crippen MR) is 73.8 cm³/mol. The van der Waals surface area contributed by atoms with Gasteiger partial charge >= 0.3 is 6.03 Å². The van der Waals surface area contributed by atoms with Crippen molar-refractivity contribution >= 4 is 22.8 Å². The van der Waals surface area contributed by atoms with Gasteiger partial charge in [-0.1, -0.05) is 0 Å². The molecular weight excluding hydrogens is 261 g/mol. The van der Waals surface area contributed by atoms with Gasteiger partial charge in [0.25, 0.3) is 0 Å². The van der Waals surface area contributed by atoms with Crippen LogP contribution in [0.2, 0.25) is 0 Å². The van der Waals surface area contributed by atoms with Crippen LogP contribution in [0.3, 0.4) is 0 Å². The second kappa shape index (κ2) is 5.32. The van der Waals surface area contributed by atoms with Crippen molar-refractivity contribution in [3.63, 3.8) is 0 Å². The maximum Gasteiger partial charge on any atom is 0.325 e. The van der Waals surface area contributed by atoms with Crippen molar-refractivity contribution in [3.8, 4) is 0 Å². The first-order valence-electron chi connectivity index (χ1n) is 6.13. The molecule has 5 nitrogen and oxygen atoms in total. The maximum absolute atomic E-state index is 13.3. The number of urea groups is 1. The number of benzene rings is 1. The summed E-state index contributed by atoms with van der Waals surface area (Å²) in [4.78, 5) is 29.1. The summed E-state index contributed by atoms with van der Waals surface area (Å²) in [5.41, 5.74) is 1.43. The molecule has 1 heterocycles. The number of H-pyrrole nitrogens is 1. The zero-order chi connectivity index (χ0) is 14.9. The summed E-state index contributed by atoms with van der Waals surface area (Å²) in [6, 6.07) is 3.96. The average molecular weight is 277 g/mol. The molecule has 0 aliphatic heterocycles. The van der Waals surface area contributed by atoms with Crippen LogP contribution in [-0.4, -0.2) is 47.9 Å². The fourth-order valence-corrected chi connectivity index (χ4v) is 1.99. The minimum atomic E-state index is -0.388. The second-order valence-corrected chi connectivity index (χ2v) is 4.81. The number of fused-ring (bicyclic) bond motifs is 1. The van der Waals surface area contributed by atoms with Gasteiger partial charge in [-0.2, -0.15) is 0 Å². The minimum absolute atomic E-state index is 0.0412. The van der Waals surface area contributed by atoms with Crippen molar-refractivity contribution in [2.24, 2.45) is 0 Å². The first kappa shape index (κ1) is 14.0. The van der Waals surface area contributed by atoms with Gasteiger partial charge in [-0.15, -0.1) is 0 Å². The van der Waals surface area contributed by atoms with Gasteiger partial charge in [0.2, 0.25) is 5.91 Å². The molecule has 2 rings (SSSR count). The Morgan fingerprint density at radius 1 is 1.25 bits per heavy atom. The summed E-state index contributed by atoms with van der Waals surface area (Å²) < 4.78 is 13.3. The van der Waals surface area contributed by atoms with E-state index in [0.717, 1.165) is 10.4 Å².